The highest BCUT2D eigenvalue weighted by Crippen LogP contribution is 2.43. The van der Waals surface area contributed by atoms with Crippen LogP contribution in [0.1, 0.15) is 61.1 Å². The number of thiocarbonyl (C=S) groups is 1. The Labute approximate surface area is 207 Å². The molecule has 0 saturated carbocycles. The van der Waals surface area contributed by atoms with Crippen molar-refractivity contribution in [2.24, 2.45) is 5.92 Å². The molecule has 0 bridgehead atoms. The number of carbonyl (C=O) groups is 1. The Bertz CT molecular complexity index is 1220. The first kappa shape index (κ1) is 24.0. The summed E-state index contributed by atoms with van der Waals surface area (Å²) in [5.41, 5.74) is 7.46. The van der Waals surface area contributed by atoms with Gasteiger partial charge >= 0.3 is 0 Å². The van der Waals surface area contributed by atoms with Crippen molar-refractivity contribution in [1.82, 2.24) is 14.9 Å². The van der Waals surface area contributed by atoms with Crippen LogP contribution in [0.4, 0.5) is 11.4 Å². The highest BCUT2D eigenvalue weighted by atomic mass is 32.1. The molecule has 1 aliphatic heterocycles. The summed E-state index contributed by atoms with van der Waals surface area (Å²) in [5, 5.41) is 7.23. The molecule has 1 saturated heterocycles. The van der Waals surface area contributed by atoms with Crippen LogP contribution in [0.25, 0.3) is 0 Å². The molecular formula is C27H33N5OS. The van der Waals surface area contributed by atoms with Crippen molar-refractivity contribution in [1.29, 1.82) is 0 Å². The van der Waals surface area contributed by atoms with Crippen molar-refractivity contribution >= 4 is 34.6 Å². The SMILES string of the molecule is CCn1c(C)cc([C@@H]2[C@@H](c3ccccn3)NC(=S)N2c2ccc(NC(=O)C(C)C)c(C)c2)c1C. The summed E-state index contributed by atoms with van der Waals surface area (Å²) in [6, 6.07) is 14.2. The molecule has 0 aliphatic carbocycles. The Morgan fingerprint density at radius 1 is 1.18 bits per heavy atom. The summed E-state index contributed by atoms with van der Waals surface area (Å²) >= 11 is 5.88. The summed E-state index contributed by atoms with van der Waals surface area (Å²) in [6.07, 6.45) is 1.82. The molecule has 178 valence electrons. The lowest BCUT2D eigenvalue weighted by Crippen LogP contribution is -2.29. The molecule has 2 N–H and O–H groups in total. The first-order valence-corrected chi connectivity index (χ1v) is 12.2. The maximum Gasteiger partial charge on any atom is 0.226 e. The van der Waals surface area contributed by atoms with Gasteiger partial charge in [0.25, 0.3) is 0 Å². The molecule has 3 aromatic rings. The molecule has 6 nitrogen and oxygen atoms in total. The average molecular weight is 476 g/mol. The maximum absolute atomic E-state index is 12.2. The van der Waals surface area contributed by atoms with E-state index < -0.39 is 0 Å². The van der Waals surface area contributed by atoms with Crippen LogP contribution in [0.5, 0.6) is 0 Å². The van der Waals surface area contributed by atoms with E-state index in [1.807, 2.05) is 57.3 Å². The summed E-state index contributed by atoms with van der Waals surface area (Å²) in [7, 11) is 0. The number of rotatable bonds is 6. The zero-order valence-corrected chi connectivity index (χ0v) is 21.5. The van der Waals surface area contributed by atoms with Gasteiger partial charge in [-0.2, -0.15) is 0 Å². The second-order valence-electron chi connectivity index (χ2n) is 9.21. The fourth-order valence-electron chi connectivity index (χ4n) is 4.78. The highest BCUT2D eigenvalue weighted by Gasteiger charge is 2.42. The van der Waals surface area contributed by atoms with E-state index in [1.165, 1.54) is 17.0 Å². The number of aromatic nitrogens is 2. The molecule has 1 aliphatic rings. The second kappa shape index (κ2) is 9.58. The number of hydrogen-bond donors (Lipinski definition) is 2. The normalized spacial score (nSPS) is 17.9. The van der Waals surface area contributed by atoms with Crippen LogP contribution in [-0.2, 0) is 11.3 Å². The molecule has 0 unspecified atom stereocenters. The molecule has 3 heterocycles. The van der Waals surface area contributed by atoms with Crippen molar-refractivity contribution in [2.75, 3.05) is 10.2 Å². The zero-order valence-electron chi connectivity index (χ0n) is 20.7. The quantitative estimate of drug-likeness (QED) is 0.455. The Morgan fingerprint density at radius 3 is 2.53 bits per heavy atom. The number of hydrogen-bond acceptors (Lipinski definition) is 3. The first-order valence-electron chi connectivity index (χ1n) is 11.8. The van der Waals surface area contributed by atoms with Crippen LogP contribution in [0, 0.1) is 26.7 Å². The number of anilines is 2. The van der Waals surface area contributed by atoms with E-state index in [0.717, 1.165) is 29.2 Å². The fraction of sp³-hybridized carbons (Fsp3) is 0.370. The van der Waals surface area contributed by atoms with Crippen molar-refractivity contribution in [3.63, 3.8) is 0 Å². The predicted octanol–water partition coefficient (Wildman–Crippen LogP) is 5.60. The lowest BCUT2D eigenvalue weighted by molar-refractivity contribution is -0.118. The minimum absolute atomic E-state index is 0.00862. The monoisotopic (exact) mass is 475 g/mol. The van der Waals surface area contributed by atoms with Crippen LogP contribution in [0.15, 0.2) is 48.7 Å². The summed E-state index contributed by atoms with van der Waals surface area (Å²) < 4.78 is 2.33. The lowest BCUT2D eigenvalue weighted by atomic mass is 9.96. The number of aryl methyl sites for hydroxylation is 2. The Morgan fingerprint density at radius 2 is 1.94 bits per heavy atom. The van der Waals surface area contributed by atoms with Gasteiger partial charge in [-0.1, -0.05) is 19.9 Å². The summed E-state index contributed by atoms with van der Waals surface area (Å²) in [4.78, 5) is 19.1. The molecule has 1 amide bonds. The van der Waals surface area contributed by atoms with Crippen LogP contribution in [0.2, 0.25) is 0 Å². The molecule has 1 aromatic carbocycles. The number of nitrogens with zero attached hydrogens (tertiary/aromatic N) is 3. The topological polar surface area (TPSA) is 62.2 Å². The second-order valence-corrected chi connectivity index (χ2v) is 9.60. The maximum atomic E-state index is 12.2. The van der Waals surface area contributed by atoms with Gasteiger partial charge in [0.15, 0.2) is 5.11 Å². The molecule has 4 rings (SSSR count). The molecule has 2 atom stereocenters. The minimum Gasteiger partial charge on any atom is -0.351 e. The lowest BCUT2D eigenvalue weighted by Gasteiger charge is -2.29. The molecule has 2 aromatic heterocycles. The van der Waals surface area contributed by atoms with Crippen LogP contribution < -0.4 is 15.5 Å². The Kier molecular flexibility index (Phi) is 6.75. The van der Waals surface area contributed by atoms with E-state index in [1.54, 1.807) is 0 Å². The first-order chi connectivity index (χ1) is 16.2. The third-order valence-electron chi connectivity index (χ3n) is 6.62. The van der Waals surface area contributed by atoms with Crippen molar-refractivity contribution in [2.45, 2.75) is 60.2 Å². The van der Waals surface area contributed by atoms with E-state index in [-0.39, 0.29) is 23.9 Å². The predicted molar refractivity (Wildman–Crippen MR) is 142 cm³/mol. The molecule has 34 heavy (non-hydrogen) atoms. The van der Waals surface area contributed by atoms with Gasteiger partial charge in [-0.05, 0) is 87.4 Å². The number of amides is 1. The van der Waals surface area contributed by atoms with Gasteiger partial charge in [0.1, 0.15) is 0 Å². The molecule has 0 spiro atoms. The van der Waals surface area contributed by atoms with E-state index in [9.17, 15) is 4.79 Å². The third kappa shape index (κ3) is 4.32. The fourth-order valence-corrected chi connectivity index (χ4v) is 5.12. The number of pyridine rings is 1. The summed E-state index contributed by atoms with van der Waals surface area (Å²) in [5.74, 6) is -0.0685. The number of carbonyl (C=O) groups excluding carboxylic acids is 1. The average Bonchev–Trinajstić information content (AvgIpc) is 3.30. The Hall–Kier alpha value is -3.19. The van der Waals surface area contributed by atoms with E-state index in [2.05, 4.69) is 58.0 Å². The smallest absolute Gasteiger partial charge is 0.226 e. The van der Waals surface area contributed by atoms with Gasteiger partial charge in [0.2, 0.25) is 5.91 Å². The van der Waals surface area contributed by atoms with Crippen LogP contribution in [0.3, 0.4) is 0 Å². The van der Waals surface area contributed by atoms with Crippen molar-refractivity contribution in [3.05, 3.63) is 76.9 Å². The largest absolute Gasteiger partial charge is 0.351 e. The van der Waals surface area contributed by atoms with E-state index in [4.69, 9.17) is 12.2 Å². The molecule has 0 radical (unpaired) electrons. The van der Waals surface area contributed by atoms with Crippen LogP contribution >= 0.6 is 12.2 Å². The van der Waals surface area contributed by atoms with E-state index in [0.29, 0.717) is 5.11 Å². The van der Waals surface area contributed by atoms with E-state index >= 15 is 0 Å². The van der Waals surface area contributed by atoms with Gasteiger partial charge < -0.3 is 20.1 Å². The number of benzene rings is 1. The van der Waals surface area contributed by atoms with Gasteiger partial charge in [-0.3, -0.25) is 9.78 Å². The van der Waals surface area contributed by atoms with Crippen LogP contribution in [-0.4, -0.2) is 20.6 Å². The Balaban J connectivity index is 1.80. The molecular weight excluding hydrogens is 442 g/mol. The van der Waals surface area contributed by atoms with Gasteiger partial charge in [-0.15, -0.1) is 0 Å². The third-order valence-corrected chi connectivity index (χ3v) is 6.93. The van der Waals surface area contributed by atoms with Gasteiger partial charge in [0, 0.05) is 41.4 Å². The van der Waals surface area contributed by atoms with Gasteiger partial charge in [-0.25, -0.2) is 0 Å². The number of nitrogens with one attached hydrogen (secondary N) is 2. The summed E-state index contributed by atoms with van der Waals surface area (Å²) in [6.45, 7) is 13.2. The molecule has 1 fully saturated rings. The molecule has 7 heteroatoms. The zero-order chi connectivity index (χ0) is 24.6. The van der Waals surface area contributed by atoms with Gasteiger partial charge in [0.05, 0.1) is 17.8 Å². The standard InChI is InChI=1S/C27H33N5OS/c1-7-31-18(5)15-21(19(31)6)25-24(23-10-8-9-13-28-23)30-27(34)32(25)20-11-12-22(17(4)14-20)29-26(33)16(2)3/h8-16,24-25H,7H2,1-6H3,(H,29,33)(H,30,34)/t24-,25-/m1/s1. The van der Waals surface area contributed by atoms with Crippen molar-refractivity contribution < 1.29 is 4.79 Å². The highest BCUT2D eigenvalue weighted by molar-refractivity contribution is 7.80. The van der Waals surface area contributed by atoms with Crippen molar-refractivity contribution in [3.8, 4) is 0 Å². The minimum atomic E-state index is -0.0832.